The summed E-state index contributed by atoms with van der Waals surface area (Å²) in [6, 6.07) is 9.15. The van der Waals surface area contributed by atoms with Crippen molar-refractivity contribution in [3.05, 3.63) is 35.9 Å². The van der Waals surface area contributed by atoms with Gasteiger partial charge in [-0.15, -0.1) is 0 Å². The summed E-state index contributed by atoms with van der Waals surface area (Å²) in [6.45, 7) is 7.90. The van der Waals surface area contributed by atoms with Crippen LogP contribution in [0.3, 0.4) is 0 Å². The molecular weight excluding hydrogens is 334 g/mol. The third-order valence-electron chi connectivity index (χ3n) is 3.68. The molecule has 2 atom stereocenters. The second kappa shape index (κ2) is 10.8. The topological polar surface area (TPSA) is 84.9 Å². The molecule has 0 fully saturated rings. The summed E-state index contributed by atoms with van der Waals surface area (Å²) in [5.74, 6) is -1.12. The SMILES string of the molecule is CCOC(=O)C(c1ccccc1)C(O)CCCCNC(=O)OC(C)(C)C. The van der Waals surface area contributed by atoms with Crippen molar-refractivity contribution < 1.29 is 24.2 Å². The second-order valence-corrected chi connectivity index (χ2v) is 7.13. The first-order chi connectivity index (χ1) is 12.2. The third kappa shape index (κ3) is 8.34. The zero-order valence-corrected chi connectivity index (χ0v) is 16.2. The van der Waals surface area contributed by atoms with E-state index >= 15 is 0 Å². The highest BCUT2D eigenvalue weighted by molar-refractivity contribution is 5.78. The first-order valence-corrected chi connectivity index (χ1v) is 9.11. The Balaban J connectivity index is 2.46. The average Bonchev–Trinajstić information content (AvgIpc) is 2.54. The lowest BCUT2D eigenvalue weighted by Crippen LogP contribution is -2.33. The number of nitrogens with one attached hydrogen (secondary N) is 1. The number of rotatable bonds is 9. The molecule has 0 aliphatic rings. The van der Waals surface area contributed by atoms with Crippen LogP contribution in [0.1, 0.15) is 58.4 Å². The van der Waals surface area contributed by atoms with Crippen LogP contribution in [-0.2, 0) is 14.3 Å². The average molecular weight is 365 g/mol. The minimum Gasteiger partial charge on any atom is -0.465 e. The summed E-state index contributed by atoms with van der Waals surface area (Å²) in [4.78, 5) is 23.8. The molecule has 0 saturated heterocycles. The van der Waals surface area contributed by atoms with Crippen molar-refractivity contribution in [3.8, 4) is 0 Å². The minimum absolute atomic E-state index is 0.273. The number of aliphatic hydroxyl groups excluding tert-OH is 1. The van der Waals surface area contributed by atoms with E-state index in [1.165, 1.54) is 0 Å². The van der Waals surface area contributed by atoms with Crippen LogP contribution in [0.4, 0.5) is 4.79 Å². The lowest BCUT2D eigenvalue weighted by molar-refractivity contribution is -0.148. The Labute approximate surface area is 155 Å². The van der Waals surface area contributed by atoms with Crippen molar-refractivity contribution in [3.63, 3.8) is 0 Å². The Kier molecular flexibility index (Phi) is 9.13. The molecule has 0 spiro atoms. The van der Waals surface area contributed by atoms with Crippen LogP contribution in [0.15, 0.2) is 30.3 Å². The van der Waals surface area contributed by atoms with E-state index in [1.54, 1.807) is 6.92 Å². The van der Waals surface area contributed by atoms with Gasteiger partial charge in [0.25, 0.3) is 0 Å². The standard InChI is InChI=1S/C20H31NO5/c1-5-25-18(23)17(15-11-7-6-8-12-15)16(22)13-9-10-14-21-19(24)26-20(2,3)4/h6-8,11-12,16-17,22H,5,9-10,13-14H2,1-4H3,(H,21,24). The maximum absolute atomic E-state index is 12.2. The van der Waals surface area contributed by atoms with Gasteiger partial charge in [0.1, 0.15) is 11.5 Å². The van der Waals surface area contributed by atoms with Gasteiger partial charge < -0.3 is 19.9 Å². The smallest absolute Gasteiger partial charge is 0.407 e. The molecule has 6 nitrogen and oxygen atoms in total. The molecule has 0 aromatic heterocycles. The number of unbranched alkanes of at least 4 members (excludes halogenated alkanes) is 1. The van der Waals surface area contributed by atoms with Crippen molar-refractivity contribution in [2.24, 2.45) is 0 Å². The van der Waals surface area contributed by atoms with Crippen LogP contribution in [0.25, 0.3) is 0 Å². The van der Waals surface area contributed by atoms with E-state index in [0.717, 1.165) is 5.56 Å². The Bertz CT molecular complexity index is 553. The second-order valence-electron chi connectivity index (χ2n) is 7.13. The normalized spacial score (nSPS) is 13.6. The van der Waals surface area contributed by atoms with Gasteiger partial charge in [-0.25, -0.2) is 4.79 Å². The van der Waals surface area contributed by atoms with Gasteiger partial charge in [0, 0.05) is 6.54 Å². The predicted octanol–water partition coefficient (Wildman–Crippen LogP) is 3.39. The van der Waals surface area contributed by atoms with Gasteiger partial charge in [-0.1, -0.05) is 30.3 Å². The van der Waals surface area contributed by atoms with E-state index in [4.69, 9.17) is 9.47 Å². The first kappa shape index (κ1) is 22.0. The zero-order chi connectivity index (χ0) is 19.6. The van der Waals surface area contributed by atoms with Crippen LogP contribution in [-0.4, -0.2) is 42.0 Å². The van der Waals surface area contributed by atoms with Crippen molar-refractivity contribution >= 4 is 12.1 Å². The number of carbonyl (C=O) groups is 2. The Morgan fingerprint density at radius 2 is 1.81 bits per heavy atom. The Morgan fingerprint density at radius 3 is 2.38 bits per heavy atom. The molecule has 2 N–H and O–H groups in total. The molecule has 2 unspecified atom stereocenters. The summed E-state index contributed by atoms with van der Waals surface area (Å²) in [5.41, 5.74) is 0.216. The molecule has 0 radical (unpaired) electrons. The number of amides is 1. The number of benzene rings is 1. The summed E-state index contributed by atoms with van der Waals surface area (Å²) < 4.78 is 10.3. The van der Waals surface area contributed by atoms with Gasteiger partial charge in [-0.3, -0.25) is 4.79 Å². The molecular formula is C20H31NO5. The van der Waals surface area contributed by atoms with Gasteiger partial charge in [0.15, 0.2) is 0 Å². The fraction of sp³-hybridized carbons (Fsp3) is 0.600. The highest BCUT2D eigenvalue weighted by Gasteiger charge is 2.29. The zero-order valence-electron chi connectivity index (χ0n) is 16.2. The Hall–Kier alpha value is -2.08. The van der Waals surface area contributed by atoms with Gasteiger partial charge in [-0.05, 0) is 52.5 Å². The van der Waals surface area contributed by atoms with E-state index < -0.39 is 29.7 Å². The van der Waals surface area contributed by atoms with Gasteiger partial charge >= 0.3 is 12.1 Å². The van der Waals surface area contributed by atoms with Crippen LogP contribution in [0.5, 0.6) is 0 Å². The van der Waals surface area contributed by atoms with Crippen molar-refractivity contribution in [2.45, 2.75) is 64.6 Å². The molecule has 6 heteroatoms. The number of carbonyl (C=O) groups excluding carboxylic acids is 2. The van der Waals surface area contributed by atoms with Crippen molar-refractivity contribution in [2.75, 3.05) is 13.2 Å². The highest BCUT2D eigenvalue weighted by Crippen LogP contribution is 2.24. The maximum atomic E-state index is 12.2. The maximum Gasteiger partial charge on any atom is 0.407 e. The van der Waals surface area contributed by atoms with E-state index in [2.05, 4.69) is 5.32 Å². The van der Waals surface area contributed by atoms with Crippen LogP contribution in [0, 0.1) is 0 Å². The van der Waals surface area contributed by atoms with Crippen molar-refractivity contribution in [1.82, 2.24) is 5.32 Å². The minimum atomic E-state index is -0.835. The lowest BCUT2D eigenvalue weighted by Gasteiger charge is -2.22. The van der Waals surface area contributed by atoms with Gasteiger partial charge in [0.2, 0.25) is 0 Å². The summed E-state index contributed by atoms with van der Waals surface area (Å²) in [5, 5.41) is 13.2. The lowest BCUT2D eigenvalue weighted by atomic mass is 9.90. The fourth-order valence-corrected chi connectivity index (χ4v) is 2.56. The Morgan fingerprint density at radius 1 is 1.15 bits per heavy atom. The van der Waals surface area contributed by atoms with Crippen LogP contribution < -0.4 is 5.32 Å². The van der Waals surface area contributed by atoms with Crippen molar-refractivity contribution in [1.29, 1.82) is 0 Å². The molecule has 1 aromatic carbocycles. The summed E-state index contributed by atoms with van der Waals surface area (Å²) >= 11 is 0. The van der Waals surface area contributed by atoms with E-state index in [9.17, 15) is 14.7 Å². The summed E-state index contributed by atoms with van der Waals surface area (Å²) in [7, 11) is 0. The molecule has 0 aliphatic carbocycles. The van der Waals surface area contributed by atoms with E-state index in [0.29, 0.717) is 25.8 Å². The number of alkyl carbamates (subject to hydrolysis) is 1. The van der Waals surface area contributed by atoms with E-state index in [1.807, 2.05) is 51.1 Å². The number of hydrogen-bond donors (Lipinski definition) is 2. The molecule has 1 amide bonds. The number of ether oxygens (including phenoxy) is 2. The molecule has 146 valence electrons. The fourth-order valence-electron chi connectivity index (χ4n) is 2.56. The van der Waals surface area contributed by atoms with Gasteiger partial charge in [0.05, 0.1) is 12.7 Å². The molecule has 0 bridgehead atoms. The number of hydrogen-bond acceptors (Lipinski definition) is 5. The molecule has 0 aliphatic heterocycles. The highest BCUT2D eigenvalue weighted by atomic mass is 16.6. The monoisotopic (exact) mass is 365 g/mol. The molecule has 26 heavy (non-hydrogen) atoms. The quantitative estimate of drug-likeness (QED) is 0.518. The predicted molar refractivity (Wildman–Crippen MR) is 99.9 cm³/mol. The third-order valence-corrected chi connectivity index (χ3v) is 3.68. The summed E-state index contributed by atoms with van der Waals surface area (Å²) in [6.07, 6.45) is 0.499. The number of esters is 1. The molecule has 1 aromatic rings. The molecule has 1 rings (SSSR count). The first-order valence-electron chi connectivity index (χ1n) is 9.11. The van der Waals surface area contributed by atoms with E-state index in [-0.39, 0.29) is 6.61 Å². The van der Waals surface area contributed by atoms with Gasteiger partial charge in [-0.2, -0.15) is 0 Å². The van der Waals surface area contributed by atoms with Crippen LogP contribution in [0.2, 0.25) is 0 Å². The number of aliphatic hydroxyl groups is 1. The van der Waals surface area contributed by atoms with Crippen LogP contribution >= 0.6 is 0 Å². The molecule has 0 saturated carbocycles. The molecule has 0 heterocycles. The largest absolute Gasteiger partial charge is 0.465 e.